The highest BCUT2D eigenvalue weighted by Gasteiger charge is 2.35. The largest absolute Gasteiger partial charge is 0.353 e. The van der Waals surface area contributed by atoms with Crippen LogP contribution in [0.4, 0.5) is 5.82 Å². The maximum Gasteiger partial charge on any atom is 0.135 e. The first-order valence-electron chi connectivity index (χ1n) is 8.24. The Labute approximate surface area is 128 Å². The van der Waals surface area contributed by atoms with Gasteiger partial charge in [-0.2, -0.15) is 0 Å². The Bertz CT molecular complexity index is 494. The van der Waals surface area contributed by atoms with Crippen LogP contribution in [-0.2, 0) is 5.41 Å². The number of fused-ring (bicyclic) bond motifs is 1. The standard InChI is InChI=1S/C17H28N4/c1-17(2,3)16-18-9-7-15(19-16)21-10-5-6-13-12-20(4)11-8-14(13)21/h7,9,13-14H,5-6,8,10-12H2,1-4H3. The third-order valence-corrected chi connectivity index (χ3v) is 4.88. The summed E-state index contributed by atoms with van der Waals surface area (Å²) in [4.78, 5) is 14.4. The van der Waals surface area contributed by atoms with Crippen LogP contribution in [0, 0.1) is 5.92 Å². The predicted molar refractivity (Wildman–Crippen MR) is 86.7 cm³/mol. The van der Waals surface area contributed by atoms with Gasteiger partial charge in [-0.3, -0.25) is 0 Å². The van der Waals surface area contributed by atoms with Crippen LogP contribution in [0.25, 0.3) is 0 Å². The molecule has 0 amide bonds. The summed E-state index contributed by atoms with van der Waals surface area (Å²) in [5, 5.41) is 0. The molecule has 2 atom stereocenters. The molecule has 21 heavy (non-hydrogen) atoms. The third-order valence-electron chi connectivity index (χ3n) is 4.88. The molecule has 2 fully saturated rings. The summed E-state index contributed by atoms with van der Waals surface area (Å²) in [5.74, 6) is 2.88. The van der Waals surface area contributed by atoms with Gasteiger partial charge in [0.2, 0.25) is 0 Å². The lowest BCUT2D eigenvalue weighted by atomic mass is 9.84. The van der Waals surface area contributed by atoms with E-state index in [1.54, 1.807) is 0 Å². The molecule has 0 spiro atoms. The van der Waals surface area contributed by atoms with Crippen molar-refractivity contribution in [3.63, 3.8) is 0 Å². The number of nitrogens with zero attached hydrogens (tertiary/aromatic N) is 4. The van der Waals surface area contributed by atoms with Gasteiger partial charge in [0.1, 0.15) is 11.6 Å². The second kappa shape index (κ2) is 5.56. The summed E-state index contributed by atoms with van der Waals surface area (Å²) >= 11 is 0. The Kier molecular flexibility index (Phi) is 3.91. The molecule has 0 saturated carbocycles. The molecular formula is C17H28N4. The maximum absolute atomic E-state index is 4.88. The molecule has 1 aromatic heterocycles. The van der Waals surface area contributed by atoms with Crippen molar-refractivity contribution in [3.8, 4) is 0 Å². The lowest BCUT2D eigenvalue weighted by molar-refractivity contribution is 0.154. The van der Waals surface area contributed by atoms with Crippen molar-refractivity contribution in [2.24, 2.45) is 5.92 Å². The van der Waals surface area contributed by atoms with Crippen molar-refractivity contribution in [1.29, 1.82) is 0 Å². The highest BCUT2D eigenvalue weighted by atomic mass is 15.3. The summed E-state index contributed by atoms with van der Waals surface area (Å²) < 4.78 is 0. The number of rotatable bonds is 1. The zero-order valence-corrected chi connectivity index (χ0v) is 13.8. The molecule has 116 valence electrons. The number of hydrogen-bond acceptors (Lipinski definition) is 4. The molecule has 2 unspecified atom stereocenters. The van der Waals surface area contributed by atoms with Crippen LogP contribution >= 0.6 is 0 Å². The maximum atomic E-state index is 4.88. The average Bonchev–Trinajstić information content (AvgIpc) is 2.45. The lowest BCUT2D eigenvalue weighted by Crippen LogP contribution is -2.53. The van der Waals surface area contributed by atoms with Gasteiger partial charge in [0, 0.05) is 30.7 Å². The molecular weight excluding hydrogens is 260 g/mol. The van der Waals surface area contributed by atoms with Gasteiger partial charge in [-0.25, -0.2) is 9.97 Å². The molecule has 3 rings (SSSR count). The number of anilines is 1. The Morgan fingerprint density at radius 3 is 2.76 bits per heavy atom. The van der Waals surface area contributed by atoms with Gasteiger partial charge in [0.25, 0.3) is 0 Å². The van der Waals surface area contributed by atoms with E-state index in [-0.39, 0.29) is 5.41 Å². The van der Waals surface area contributed by atoms with Gasteiger partial charge in [0.05, 0.1) is 0 Å². The van der Waals surface area contributed by atoms with Crippen LogP contribution in [0.5, 0.6) is 0 Å². The fourth-order valence-corrected chi connectivity index (χ4v) is 3.74. The van der Waals surface area contributed by atoms with Gasteiger partial charge in [-0.1, -0.05) is 20.8 Å². The van der Waals surface area contributed by atoms with Crippen molar-refractivity contribution < 1.29 is 0 Å². The molecule has 0 aromatic carbocycles. The molecule has 3 heterocycles. The van der Waals surface area contributed by atoms with E-state index < -0.39 is 0 Å². The van der Waals surface area contributed by atoms with E-state index in [2.05, 4.69) is 48.7 Å². The Balaban J connectivity index is 1.85. The lowest BCUT2D eigenvalue weighted by Gasteiger charge is -2.47. The molecule has 0 N–H and O–H groups in total. The van der Waals surface area contributed by atoms with Gasteiger partial charge in [-0.05, 0) is 44.8 Å². The second-order valence-electron chi connectivity index (χ2n) is 7.70. The van der Waals surface area contributed by atoms with Crippen molar-refractivity contribution in [3.05, 3.63) is 18.1 Å². The monoisotopic (exact) mass is 288 g/mol. The fourth-order valence-electron chi connectivity index (χ4n) is 3.74. The third kappa shape index (κ3) is 3.05. The van der Waals surface area contributed by atoms with Crippen LogP contribution in [0.2, 0.25) is 0 Å². The van der Waals surface area contributed by atoms with Gasteiger partial charge in [0.15, 0.2) is 0 Å². The van der Waals surface area contributed by atoms with Gasteiger partial charge >= 0.3 is 0 Å². The van der Waals surface area contributed by atoms with Crippen LogP contribution in [-0.4, -0.2) is 47.6 Å². The summed E-state index contributed by atoms with van der Waals surface area (Å²) in [5.41, 5.74) is 0.0119. The number of aromatic nitrogens is 2. The van der Waals surface area contributed by atoms with Crippen molar-refractivity contribution in [1.82, 2.24) is 14.9 Å². The SMILES string of the molecule is CN1CCC2C(CCCN2c2ccnc(C(C)(C)C)n2)C1. The Hall–Kier alpha value is -1.16. The molecule has 2 saturated heterocycles. The normalized spacial score (nSPS) is 27.5. The minimum atomic E-state index is 0.0119. The van der Waals surface area contributed by atoms with E-state index in [4.69, 9.17) is 4.98 Å². The molecule has 4 heteroatoms. The predicted octanol–water partition coefficient (Wildman–Crippen LogP) is 2.69. The molecule has 2 aliphatic heterocycles. The summed E-state index contributed by atoms with van der Waals surface area (Å²) in [6.07, 6.45) is 5.84. The van der Waals surface area contributed by atoms with Crippen LogP contribution in [0.3, 0.4) is 0 Å². The zero-order valence-electron chi connectivity index (χ0n) is 13.8. The summed E-state index contributed by atoms with van der Waals surface area (Å²) in [6.45, 7) is 10.1. The van der Waals surface area contributed by atoms with Crippen molar-refractivity contribution in [2.75, 3.05) is 31.6 Å². The Morgan fingerprint density at radius 2 is 2.00 bits per heavy atom. The molecule has 2 aliphatic rings. The highest BCUT2D eigenvalue weighted by molar-refractivity contribution is 5.40. The first-order valence-corrected chi connectivity index (χ1v) is 8.24. The zero-order chi connectivity index (χ0) is 15.0. The quantitative estimate of drug-likeness (QED) is 0.795. The average molecular weight is 288 g/mol. The Morgan fingerprint density at radius 1 is 1.19 bits per heavy atom. The first-order chi connectivity index (χ1) is 9.95. The number of piperidine rings is 2. The van der Waals surface area contributed by atoms with E-state index >= 15 is 0 Å². The summed E-state index contributed by atoms with van der Waals surface area (Å²) in [7, 11) is 2.25. The van der Waals surface area contributed by atoms with E-state index in [1.807, 2.05) is 6.20 Å². The smallest absolute Gasteiger partial charge is 0.135 e. The molecule has 0 aliphatic carbocycles. The van der Waals surface area contributed by atoms with E-state index in [9.17, 15) is 0 Å². The minimum absolute atomic E-state index is 0.0119. The van der Waals surface area contributed by atoms with Gasteiger partial charge in [-0.15, -0.1) is 0 Å². The van der Waals surface area contributed by atoms with E-state index in [0.717, 1.165) is 24.1 Å². The fraction of sp³-hybridized carbons (Fsp3) is 0.765. The highest BCUT2D eigenvalue weighted by Crippen LogP contribution is 2.33. The number of hydrogen-bond donors (Lipinski definition) is 0. The molecule has 4 nitrogen and oxygen atoms in total. The molecule has 1 aromatic rings. The number of likely N-dealkylation sites (tertiary alicyclic amines) is 1. The summed E-state index contributed by atoms with van der Waals surface area (Å²) in [6, 6.07) is 2.76. The topological polar surface area (TPSA) is 32.3 Å². The van der Waals surface area contributed by atoms with Crippen molar-refractivity contribution >= 4 is 5.82 Å². The van der Waals surface area contributed by atoms with Crippen molar-refractivity contribution in [2.45, 2.75) is 51.5 Å². The first kappa shape index (κ1) is 14.8. The van der Waals surface area contributed by atoms with Gasteiger partial charge < -0.3 is 9.80 Å². The molecule has 0 bridgehead atoms. The van der Waals surface area contributed by atoms with E-state index in [1.165, 1.54) is 32.4 Å². The van der Waals surface area contributed by atoms with E-state index in [0.29, 0.717) is 6.04 Å². The second-order valence-corrected chi connectivity index (χ2v) is 7.70. The van der Waals surface area contributed by atoms with Crippen LogP contribution in [0.15, 0.2) is 12.3 Å². The van der Waals surface area contributed by atoms with Crippen LogP contribution < -0.4 is 4.90 Å². The minimum Gasteiger partial charge on any atom is -0.353 e. The van der Waals surface area contributed by atoms with Crippen LogP contribution in [0.1, 0.15) is 45.9 Å². The molecule has 0 radical (unpaired) electrons.